The predicted octanol–water partition coefficient (Wildman–Crippen LogP) is 3.48. The maximum absolute atomic E-state index is 14.6. The molecule has 2 saturated heterocycles. The third kappa shape index (κ3) is 5.88. The average molecular weight is 600 g/mol. The number of nitrogens with one attached hydrogen (secondary N) is 3. The number of hydrogen-bond acceptors (Lipinski definition) is 7. The van der Waals surface area contributed by atoms with Gasteiger partial charge in [0.2, 0.25) is 11.7 Å². The Balaban J connectivity index is 1.69. The van der Waals surface area contributed by atoms with Crippen molar-refractivity contribution < 1.29 is 45.8 Å². The number of halogens is 5. The number of primary amides is 1. The van der Waals surface area contributed by atoms with Crippen molar-refractivity contribution in [2.45, 2.75) is 50.5 Å². The molecule has 42 heavy (non-hydrogen) atoms. The van der Waals surface area contributed by atoms with Crippen LogP contribution in [0, 0.1) is 23.5 Å². The third-order valence-electron chi connectivity index (χ3n) is 7.88. The Hall–Kier alpha value is -3.85. The van der Waals surface area contributed by atoms with Gasteiger partial charge in [0.15, 0.2) is 17.2 Å². The van der Waals surface area contributed by atoms with Crippen LogP contribution in [-0.4, -0.2) is 60.8 Å². The quantitative estimate of drug-likeness (QED) is 0.357. The highest BCUT2D eigenvalue weighted by Gasteiger charge is 2.66. The number of hydrogen-bond donors (Lipinski definition) is 4. The lowest BCUT2D eigenvalue weighted by Gasteiger charge is -2.32. The average Bonchev–Trinajstić information content (AvgIpc) is 3.22. The van der Waals surface area contributed by atoms with E-state index in [0.717, 1.165) is 32.2 Å². The molecular formula is C27H30F5N5O5. The summed E-state index contributed by atoms with van der Waals surface area (Å²) in [6.07, 6.45) is -5.69. The van der Waals surface area contributed by atoms with Crippen LogP contribution in [0.4, 0.5) is 33.5 Å². The highest BCUT2D eigenvalue weighted by atomic mass is 19.4. The molecule has 5 N–H and O–H groups in total. The lowest BCUT2D eigenvalue weighted by atomic mass is 9.77. The van der Waals surface area contributed by atoms with Gasteiger partial charge in [-0.05, 0) is 45.0 Å². The first-order valence-corrected chi connectivity index (χ1v) is 13.1. The van der Waals surface area contributed by atoms with Crippen LogP contribution < -0.4 is 26.4 Å². The minimum atomic E-state index is -4.95. The second-order valence-corrected chi connectivity index (χ2v) is 10.4. The molecule has 228 valence electrons. The number of carbonyl (C=O) groups excluding carboxylic acids is 3. The summed E-state index contributed by atoms with van der Waals surface area (Å²) < 4.78 is 81.5. The van der Waals surface area contributed by atoms with Crippen LogP contribution in [0.5, 0.6) is 5.75 Å². The molecule has 10 nitrogen and oxygen atoms in total. The first-order valence-electron chi connectivity index (χ1n) is 13.1. The Kier molecular flexibility index (Phi) is 8.73. The molecule has 0 saturated carbocycles. The van der Waals surface area contributed by atoms with Crippen molar-refractivity contribution in [3.63, 3.8) is 0 Å². The smallest absolute Gasteiger partial charge is 0.417 e. The molecule has 1 aromatic heterocycles. The first kappa shape index (κ1) is 31.1. The standard InChI is InChI=1S/C27H30F5N5O5/c1-12-19(15-4-5-16(28)20(29)21(15)41-3)22(42-26(12,2)27(30,31)32)25(40)35-14-10-17(23(33)38)36-18(11-14)37-24(39)13-6-8-34-9-7-13/h4-5,10-13,19,22,34H,6-9H2,1-3H3,(H2,33,38)(H2,35,36,37,39,40)/t12-,19-,22+,26+/m0/s1. The van der Waals surface area contributed by atoms with Crippen LogP contribution in [0.1, 0.15) is 48.7 Å². The number of methoxy groups -OCH3 is 1. The number of alkyl halides is 3. The van der Waals surface area contributed by atoms with Crippen molar-refractivity contribution in [1.82, 2.24) is 10.3 Å². The summed E-state index contributed by atoms with van der Waals surface area (Å²) in [6, 6.07) is 4.04. The molecule has 0 unspecified atom stereocenters. The molecule has 3 heterocycles. The zero-order valence-electron chi connectivity index (χ0n) is 22.9. The fraction of sp³-hybridized carbons (Fsp3) is 0.481. The largest absolute Gasteiger partial charge is 0.493 e. The molecule has 4 atom stereocenters. The van der Waals surface area contributed by atoms with E-state index in [2.05, 4.69) is 20.9 Å². The minimum absolute atomic E-state index is 0.121. The normalized spacial score (nSPS) is 24.7. The van der Waals surface area contributed by atoms with Crippen LogP contribution >= 0.6 is 0 Å². The summed E-state index contributed by atoms with van der Waals surface area (Å²) >= 11 is 0. The minimum Gasteiger partial charge on any atom is -0.493 e. The van der Waals surface area contributed by atoms with E-state index in [1.165, 1.54) is 13.0 Å². The molecule has 2 aliphatic rings. The number of anilines is 2. The third-order valence-corrected chi connectivity index (χ3v) is 7.88. The number of amides is 3. The van der Waals surface area contributed by atoms with Crippen molar-refractivity contribution in [2.75, 3.05) is 30.8 Å². The molecular weight excluding hydrogens is 569 g/mol. The highest BCUT2D eigenvalue weighted by molar-refractivity contribution is 5.99. The van der Waals surface area contributed by atoms with Gasteiger partial charge in [-0.1, -0.05) is 13.0 Å². The van der Waals surface area contributed by atoms with Gasteiger partial charge in [0.25, 0.3) is 11.8 Å². The SMILES string of the molecule is COc1c([C@H]2[C@H](C(=O)Nc3cc(NC(=O)C4CCNCC4)nc(C(N)=O)c3)O[C@@](C)(C(F)(F)F)[C@H]2C)ccc(F)c1F. The number of nitrogens with two attached hydrogens (primary N) is 1. The Morgan fingerprint density at radius 3 is 2.38 bits per heavy atom. The Bertz CT molecular complexity index is 1380. The molecule has 3 amide bonds. The van der Waals surface area contributed by atoms with Crippen molar-refractivity contribution >= 4 is 29.2 Å². The van der Waals surface area contributed by atoms with Crippen molar-refractivity contribution in [2.24, 2.45) is 17.6 Å². The van der Waals surface area contributed by atoms with Crippen LogP contribution in [-0.2, 0) is 14.3 Å². The monoisotopic (exact) mass is 599 g/mol. The summed E-state index contributed by atoms with van der Waals surface area (Å²) in [5, 5.41) is 8.10. The molecule has 15 heteroatoms. The van der Waals surface area contributed by atoms with E-state index in [1.54, 1.807) is 0 Å². The van der Waals surface area contributed by atoms with E-state index in [-0.39, 0.29) is 34.6 Å². The number of carbonyl (C=O) groups is 3. The van der Waals surface area contributed by atoms with Crippen LogP contribution in [0.15, 0.2) is 24.3 Å². The number of ether oxygens (including phenoxy) is 2. The Labute approximate surface area is 237 Å². The molecule has 0 aliphatic carbocycles. The summed E-state index contributed by atoms with van der Waals surface area (Å²) in [5.41, 5.74) is 1.83. The summed E-state index contributed by atoms with van der Waals surface area (Å²) in [5.74, 6) is -9.22. The van der Waals surface area contributed by atoms with Gasteiger partial charge in [-0.3, -0.25) is 14.4 Å². The number of pyridine rings is 1. The summed E-state index contributed by atoms with van der Waals surface area (Å²) in [4.78, 5) is 42.2. The van der Waals surface area contributed by atoms with E-state index in [9.17, 15) is 36.3 Å². The lowest BCUT2D eigenvalue weighted by Crippen LogP contribution is -2.47. The van der Waals surface area contributed by atoms with Crippen LogP contribution in [0.25, 0.3) is 0 Å². The zero-order valence-corrected chi connectivity index (χ0v) is 22.9. The maximum atomic E-state index is 14.6. The fourth-order valence-corrected chi connectivity index (χ4v) is 5.36. The van der Waals surface area contributed by atoms with Gasteiger partial charge in [0.05, 0.1) is 7.11 Å². The van der Waals surface area contributed by atoms with Gasteiger partial charge in [0, 0.05) is 35.1 Å². The Morgan fingerprint density at radius 2 is 1.79 bits per heavy atom. The molecule has 0 bridgehead atoms. The molecule has 1 aromatic carbocycles. The Morgan fingerprint density at radius 1 is 1.12 bits per heavy atom. The van der Waals surface area contributed by atoms with Crippen LogP contribution in [0.3, 0.4) is 0 Å². The van der Waals surface area contributed by atoms with E-state index >= 15 is 0 Å². The van der Waals surface area contributed by atoms with Gasteiger partial charge in [0.1, 0.15) is 17.6 Å². The number of benzene rings is 1. The van der Waals surface area contributed by atoms with Crippen molar-refractivity contribution in [3.8, 4) is 5.75 Å². The molecule has 2 fully saturated rings. The number of piperidine rings is 1. The second kappa shape index (κ2) is 11.8. The highest BCUT2D eigenvalue weighted by Crippen LogP contribution is 2.55. The van der Waals surface area contributed by atoms with Gasteiger partial charge in [-0.25, -0.2) is 9.37 Å². The summed E-state index contributed by atoms with van der Waals surface area (Å²) in [7, 11) is 1.02. The zero-order chi connectivity index (χ0) is 31.0. The fourth-order valence-electron chi connectivity index (χ4n) is 5.36. The second-order valence-electron chi connectivity index (χ2n) is 10.4. The number of nitrogens with zero attached hydrogens (tertiary/aromatic N) is 1. The van der Waals surface area contributed by atoms with Gasteiger partial charge < -0.3 is 31.2 Å². The summed E-state index contributed by atoms with van der Waals surface area (Å²) in [6.45, 7) is 3.21. The lowest BCUT2D eigenvalue weighted by molar-refractivity contribution is -0.272. The molecule has 4 rings (SSSR count). The van der Waals surface area contributed by atoms with E-state index in [4.69, 9.17) is 15.2 Å². The predicted molar refractivity (Wildman–Crippen MR) is 140 cm³/mol. The van der Waals surface area contributed by atoms with E-state index in [1.807, 2.05) is 0 Å². The first-order chi connectivity index (χ1) is 19.7. The van der Waals surface area contributed by atoms with Gasteiger partial charge >= 0.3 is 6.18 Å². The van der Waals surface area contributed by atoms with E-state index < -0.39 is 58.9 Å². The molecule has 0 spiro atoms. The number of rotatable bonds is 7. The maximum Gasteiger partial charge on any atom is 0.417 e. The van der Waals surface area contributed by atoms with Crippen molar-refractivity contribution in [1.29, 1.82) is 0 Å². The van der Waals surface area contributed by atoms with Gasteiger partial charge in [-0.2, -0.15) is 17.6 Å². The molecule has 0 radical (unpaired) electrons. The molecule has 2 aliphatic heterocycles. The molecule has 2 aromatic rings. The van der Waals surface area contributed by atoms with Crippen molar-refractivity contribution in [3.05, 3.63) is 47.2 Å². The number of aromatic nitrogens is 1. The van der Waals surface area contributed by atoms with Gasteiger partial charge in [-0.15, -0.1) is 0 Å². The van der Waals surface area contributed by atoms with Crippen LogP contribution in [0.2, 0.25) is 0 Å². The van der Waals surface area contributed by atoms with E-state index in [0.29, 0.717) is 25.9 Å². The topological polar surface area (TPSA) is 145 Å².